The molecular formula is C13H25KN2O4. The largest absolute Gasteiger partial charge is 1.00 e. The van der Waals surface area contributed by atoms with Gasteiger partial charge in [0, 0.05) is 6.04 Å². The molecule has 2 saturated carbocycles. The molecule has 5 N–H and O–H groups in total. The minimum atomic E-state index is -0.225. The van der Waals surface area contributed by atoms with Crippen molar-refractivity contribution in [1.29, 1.82) is 0 Å². The van der Waals surface area contributed by atoms with E-state index in [0.717, 1.165) is 32.1 Å². The molecule has 2 aliphatic carbocycles. The van der Waals surface area contributed by atoms with Gasteiger partial charge in [-0.05, 0) is 32.1 Å². The third kappa shape index (κ3) is 6.27. The minimum Gasteiger partial charge on any atom is -0.870 e. The van der Waals surface area contributed by atoms with Crippen molar-refractivity contribution in [3.05, 3.63) is 0 Å². The van der Waals surface area contributed by atoms with Gasteiger partial charge in [-0.2, -0.15) is 0 Å². The molecule has 1 saturated heterocycles. The van der Waals surface area contributed by atoms with Crippen molar-refractivity contribution in [1.82, 2.24) is 5.32 Å². The molecule has 7 heteroatoms. The fourth-order valence-corrected chi connectivity index (χ4v) is 2.87. The molecule has 3 rings (SSSR count). The van der Waals surface area contributed by atoms with Crippen LogP contribution in [0.3, 0.4) is 0 Å². The number of nitrogens with two attached hydrogens (primary N) is 1. The van der Waals surface area contributed by atoms with Gasteiger partial charge in [0.05, 0.1) is 12.1 Å². The van der Waals surface area contributed by atoms with Crippen LogP contribution in [0, 0.1) is 0 Å². The Hall–Kier alpha value is 0.786. The molecule has 4 atom stereocenters. The van der Waals surface area contributed by atoms with Crippen LogP contribution < -0.4 is 62.4 Å². The fourth-order valence-electron chi connectivity index (χ4n) is 2.87. The maximum atomic E-state index is 10.7. The zero-order chi connectivity index (χ0) is 13.0. The van der Waals surface area contributed by atoms with Crippen LogP contribution in [0.4, 0.5) is 4.79 Å². The van der Waals surface area contributed by atoms with Gasteiger partial charge in [0.15, 0.2) is 0 Å². The van der Waals surface area contributed by atoms with Crippen LogP contribution >= 0.6 is 0 Å². The Kier molecular flexibility index (Phi) is 10.9. The van der Waals surface area contributed by atoms with Gasteiger partial charge >= 0.3 is 57.5 Å². The van der Waals surface area contributed by atoms with Crippen molar-refractivity contribution in [2.45, 2.75) is 75.7 Å². The van der Waals surface area contributed by atoms with Crippen molar-refractivity contribution in [2.24, 2.45) is 5.73 Å². The fraction of sp³-hybridized carbons (Fsp3) is 0.923. The Morgan fingerprint density at radius 3 is 2.25 bits per heavy atom. The van der Waals surface area contributed by atoms with Crippen LogP contribution in [0.15, 0.2) is 0 Å². The zero-order valence-electron chi connectivity index (χ0n) is 12.3. The quantitative estimate of drug-likeness (QED) is 0.453. The van der Waals surface area contributed by atoms with E-state index in [1.165, 1.54) is 19.3 Å². The Bertz CT molecular complexity index is 268. The van der Waals surface area contributed by atoms with Crippen LogP contribution in [0.1, 0.15) is 51.4 Å². The van der Waals surface area contributed by atoms with Crippen molar-refractivity contribution in [2.75, 3.05) is 0 Å². The van der Waals surface area contributed by atoms with Gasteiger partial charge in [-0.15, -0.1) is 0 Å². The number of carbonyl (C=O) groups excluding carboxylic acids is 1. The van der Waals surface area contributed by atoms with Crippen molar-refractivity contribution < 1.29 is 71.5 Å². The molecule has 0 radical (unpaired) electrons. The van der Waals surface area contributed by atoms with E-state index in [1.807, 2.05) is 0 Å². The number of hydrogen-bond acceptors (Lipinski definition) is 5. The molecule has 20 heavy (non-hydrogen) atoms. The van der Waals surface area contributed by atoms with E-state index in [1.54, 1.807) is 0 Å². The summed E-state index contributed by atoms with van der Waals surface area (Å²) in [5.74, 6) is 0. The number of nitrogens with one attached hydrogen (secondary N) is 1. The predicted octanol–water partition coefficient (Wildman–Crippen LogP) is -1.89. The van der Waals surface area contributed by atoms with E-state index in [-0.39, 0.29) is 81.2 Å². The van der Waals surface area contributed by atoms with E-state index in [9.17, 15) is 4.79 Å². The van der Waals surface area contributed by atoms with E-state index in [0.29, 0.717) is 6.04 Å². The molecule has 0 aromatic heterocycles. The molecule has 1 heterocycles. The van der Waals surface area contributed by atoms with Crippen LogP contribution in [-0.4, -0.2) is 41.0 Å². The number of amides is 1. The van der Waals surface area contributed by atoms with Crippen molar-refractivity contribution >= 4 is 6.09 Å². The number of aliphatic hydroxyl groups is 1. The molecule has 3 aliphatic rings. The summed E-state index contributed by atoms with van der Waals surface area (Å²) in [6.07, 6.45) is 8.55. The number of rotatable bonds is 0. The third-order valence-corrected chi connectivity index (χ3v) is 4.05. The third-order valence-electron chi connectivity index (χ3n) is 4.05. The summed E-state index contributed by atoms with van der Waals surface area (Å²) in [6.45, 7) is 0. The molecule has 0 aromatic rings. The number of fused-ring (bicyclic) bond motifs is 1. The van der Waals surface area contributed by atoms with Gasteiger partial charge in [-0.25, -0.2) is 4.79 Å². The first-order valence-electron chi connectivity index (χ1n) is 7.07. The summed E-state index contributed by atoms with van der Waals surface area (Å²) >= 11 is 0. The molecule has 0 aromatic carbocycles. The second-order valence-electron chi connectivity index (χ2n) is 5.49. The van der Waals surface area contributed by atoms with Gasteiger partial charge in [0.2, 0.25) is 0 Å². The zero-order valence-corrected chi connectivity index (χ0v) is 15.4. The SMILES string of the molecule is NC1CCCCC1O.O=C1NC2CCCCC2O1.[K+].[OH-]. The van der Waals surface area contributed by atoms with E-state index in [4.69, 9.17) is 15.6 Å². The van der Waals surface area contributed by atoms with Crippen molar-refractivity contribution in [3.8, 4) is 0 Å². The van der Waals surface area contributed by atoms with Gasteiger partial charge < -0.3 is 26.4 Å². The first kappa shape index (κ1) is 20.8. The Morgan fingerprint density at radius 2 is 1.70 bits per heavy atom. The number of hydrogen-bond donors (Lipinski definition) is 3. The van der Waals surface area contributed by atoms with Gasteiger partial charge in [-0.1, -0.05) is 19.3 Å². The summed E-state index contributed by atoms with van der Waals surface area (Å²) in [5.41, 5.74) is 5.53. The van der Waals surface area contributed by atoms with Gasteiger partial charge in [0.1, 0.15) is 6.10 Å². The number of carbonyl (C=O) groups is 1. The van der Waals surface area contributed by atoms with Crippen LogP contribution in [0.2, 0.25) is 0 Å². The molecule has 1 aliphatic heterocycles. The maximum Gasteiger partial charge on any atom is 1.00 e. The summed E-state index contributed by atoms with van der Waals surface area (Å²) in [4.78, 5) is 10.7. The first-order chi connectivity index (χ1) is 8.66. The molecule has 1 amide bonds. The molecule has 112 valence electrons. The second kappa shape index (κ2) is 10.5. The predicted molar refractivity (Wildman–Crippen MR) is 70.0 cm³/mol. The van der Waals surface area contributed by atoms with Crippen molar-refractivity contribution in [3.63, 3.8) is 0 Å². The number of aliphatic hydroxyl groups excluding tert-OH is 1. The Balaban J connectivity index is 0.000000336. The Morgan fingerprint density at radius 1 is 1.10 bits per heavy atom. The molecule has 0 bridgehead atoms. The van der Waals surface area contributed by atoms with Crippen LogP contribution in [0.5, 0.6) is 0 Å². The van der Waals surface area contributed by atoms with Gasteiger partial charge in [0.25, 0.3) is 0 Å². The van der Waals surface area contributed by atoms with E-state index >= 15 is 0 Å². The first-order valence-corrected chi connectivity index (χ1v) is 7.07. The second-order valence-corrected chi connectivity index (χ2v) is 5.49. The minimum absolute atomic E-state index is 0. The molecule has 4 unspecified atom stereocenters. The Labute approximate surface area is 162 Å². The maximum absolute atomic E-state index is 10.7. The van der Waals surface area contributed by atoms with Gasteiger partial charge in [-0.3, -0.25) is 0 Å². The summed E-state index contributed by atoms with van der Waals surface area (Å²) in [5, 5.41) is 11.8. The number of ether oxygens (including phenoxy) is 1. The molecule has 0 spiro atoms. The monoisotopic (exact) mass is 312 g/mol. The average Bonchev–Trinajstić information content (AvgIpc) is 2.74. The molecular weight excluding hydrogens is 287 g/mol. The summed E-state index contributed by atoms with van der Waals surface area (Å²) < 4.78 is 5.02. The van der Waals surface area contributed by atoms with Crippen LogP contribution in [-0.2, 0) is 4.74 Å². The standard InChI is InChI=1S/C7H11NO2.C6H13NO.K.H2O/c9-7-8-5-3-1-2-4-6(5)10-7;7-5-3-1-2-4-6(5)8;;/h5-6H,1-4H2,(H,8,9);5-6,8H,1-4,7H2;;1H2/q;;+1;/p-1. The normalized spacial score (nSPS) is 35.0. The number of alkyl carbamates (subject to hydrolysis) is 1. The smallest absolute Gasteiger partial charge is 0.870 e. The van der Waals surface area contributed by atoms with E-state index < -0.39 is 0 Å². The molecule has 6 nitrogen and oxygen atoms in total. The topological polar surface area (TPSA) is 115 Å². The average molecular weight is 312 g/mol. The van der Waals surface area contributed by atoms with Crippen LogP contribution in [0.25, 0.3) is 0 Å². The molecule has 3 fully saturated rings. The summed E-state index contributed by atoms with van der Waals surface area (Å²) in [7, 11) is 0. The summed E-state index contributed by atoms with van der Waals surface area (Å²) in [6, 6.07) is 0.380. The van der Waals surface area contributed by atoms with E-state index in [2.05, 4.69) is 5.32 Å².